The van der Waals surface area contributed by atoms with E-state index in [0.717, 1.165) is 5.56 Å². The number of carbonyl (C=O) groups is 2. The third-order valence-electron chi connectivity index (χ3n) is 4.41. The summed E-state index contributed by atoms with van der Waals surface area (Å²) in [5, 5.41) is 3.24. The standard InChI is InChI=1S/C16H20N2O5/c1-3-22-15(20)13-10-8-23-16(21-2)14(19)11(10)12(18-13)9-5-4-6-17-7-9/h4-7,10-13,16,18H,3,8H2,1-2H3/t10?,11?,12-,13-,16+/m0/s1. The van der Waals surface area contributed by atoms with Crippen LogP contribution in [0.25, 0.3) is 0 Å². The molecule has 0 saturated carbocycles. The molecule has 0 aromatic carbocycles. The molecule has 1 N–H and O–H groups in total. The lowest BCUT2D eigenvalue weighted by Crippen LogP contribution is -2.47. The van der Waals surface area contributed by atoms with Crippen LogP contribution >= 0.6 is 0 Å². The molecule has 5 atom stereocenters. The molecule has 1 aromatic rings. The smallest absolute Gasteiger partial charge is 0.323 e. The Labute approximate surface area is 134 Å². The molecule has 7 heteroatoms. The van der Waals surface area contributed by atoms with Gasteiger partial charge in [-0.05, 0) is 18.6 Å². The molecule has 0 amide bonds. The highest BCUT2D eigenvalue weighted by Gasteiger charge is 2.54. The van der Waals surface area contributed by atoms with E-state index < -0.39 is 18.2 Å². The van der Waals surface area contributed by atoms with Crippen molar-refractivity contribution >= 4 is 11.8 Å². The molecule has 124 valence electrons. The van der Waals surface area contributed by atoms with Crippen LogP contribution in [0.5, 0.6) is 0 Å². The lowest BCUT2D eigenvalue weighted by Gasteiger charge is -2.32. The second kappa shape index (κ2) is 6.74. The Morgan fingerprint density at radius 1 is 1.52 bits per heavy atom. The molecule has 1 aromatic heterocycles. The summed E-state index contributed by atoms with van der Waals surface area (Å²) in [6.07, 6.45) is 2.48. The van der Waals surface area contributed by atoms with Crippen LogP contribution in [0.3, 0.4) is 0 Å². The van der Waals surface area contributed by atoms with Crippen LogP contribution in [0.1, 0.15) is 18.5 Å². The third-order valence-corrected chi connectivity index (χ3v) is 4.41. The van der Waals surface area contributed by atoms with Crippen LogP contribution in [0, 0.1) is 11.8 Å². The highest BCUT2D eigenvalue weighted by atomic mass is 16.7. The molecule has 2 fully saturated rings. The summed E-state index contributed by atoms with van der Waals surface area (Å²) >= 11 is 0. The van der Waals surface area contributed by atoms with E-state index in [0.29, 0.717) is 6.61 Å². The van der Waals surface area contributed by atoms with Crippen molar-refractivity contribution in [3.63, 3.8) is 0 Å². The predicted octanol–water partition coefficient (Wildman–Crippen LogP) is 0.462. The van der Waals surface area contributed by atoms with Crippen molar-refractivity contribution in [1.82, 2.24) is 10.3 Å². The summed E-state index contributed by atoms with van der Waals surface area (Å²) in [6.45, 7) is 2.32. The number of Topliss-reactive ketones (excluding diaryl/α,β-unsaturated/α-hetero) is 1. The molecular weight excluding hydrogens is 300 g/mol. The van der Waals surface area contributed by atoms with Crippen LogP contribution in [-0.2, 0) is 23.8 Å². The summed E-state index contributed by atoms with van der Waals surface area (Å²) in [4.78, 5) is 29.0. The molecule has 23 heavy (non-hydrogen) atoms. The zero-order valence-corrected chi connectivity index (χ0v) is 13.1. The second-order valence-corrected chi connectivity index (χ2v) is 5.65. The fraction of sp³-hybridized carbons (Fsp3) is 0.562. The van der Waals surface area contributed by atoms with E-state index >= 15 is 0 Å². The number of carbonyl (C=O) groups excluding carboxylic acids is 2. The van der Waals surface area contributed by atoms with Crippen molar-refractivity contribution in [2.24, 2.45) is 11.8 Å². The minimum absolute atomic E-state index is 0.156. The molecule has 7 nitrogen and oxygen atoms in total. The number of aromatic nitrogens is 1. The van der Waals surface area contributed by atoms with Gasteiger partial charge < -0.3 is 14.2 Å². The molecular formula is C16H20N2O5. The molecule has 0 radical (unpaired) electrons. The quantitative estimate of drug-likeness (QED) is 0.807. The van der Waals surface area contributed by atoms with Gasteiger partial charge in [0.2, 0.25) is 6.29 Å². The van der Waals surface area contributed by atoms with Gasteiger partial charge in [0, 0.05) is 37.4 Å². The van der Waals surface area contributed by atoms with Crippen LogP contribution in [-0.4, -0.2) is 49.4 Å². The van der Waals surface area contributed by atoms with Gasteiger partial charge in [0.05, 0.1) is 13.2 Å². The van der Waals surface area contributed by atoms with Crippen molar-refractivity contribution in [3.05, 3.63) is 30.1 Å². The molecule has 2 aliphatic heterocycles. The van der Waals surface area contributed by atoms with Gasteiger partial charge in [-0.25, -0.2) is 0 Å². The van der Waals surface area contributed by atoms with Crippen LogP contribution in [0.2, 0.25) is 0 Å². The molecule has 3 rings (SSSR count). The van der Waals surface area contributed by atoms with Gasteiger partial charge >= 0.3 is 5.97 Å². The summed E-state index contributed by atoms with van der Waals surface area (Å²) in [5.41, 5.74) is 0.861. The fourth-order valence-corrected chi connectivity index (χ4v) is 3.41. The highest BCUT2D eigenvalue weighted by Crippen LogP contribution is 2.41. The molecule has 2 unspecified atom stereocenters. The predicted molar refractivity (Wildman–Crippen MR) is 79.3 cm³/mol. The molecule has 2 saturated heterocycles. The maximum absolute atomic E-state index is 12.7. The average Bonchev–Trinajstić information content (AvgIpc) is 2.97. The number of nitrogens with one attached hydrogen (secondary N) is 1. The van der Waals surface area contributed by atoms with E-state index in [1.807, 2.05) is 6.07 Å². The minimum Gasteiger partial charge on any atom is -0.465 e. The third kappa shape index (κ3) is 2.87. The normalized spacial score (nSPS) is 33.3. The Kier molecular flexibility index (Phi) is 4.70. The number of esters is 1. The van der Waals surface area contributed by atoms with Crippen molar-refractivity contribution < 1.29 is 23.8 Å². The Morgan fingerprint density at radius 2 is 2.35 bits per heavy atom. The van der Waals surface area contributed by atoms with Crippen LogP contribution in [0.4, 0.5) is 0 Å². The Balaban J connectivity index is 1.92. The first-order valence-corrected chi connectivity index (χ1v) is 7.68. The number of fused-ring (bicyclic) bond motifs is 1. The number of hydrogen-bond acceptors (Lipinski definition) is 7. The summed E-state index contributed by atoms with van der Waals surface area (Å²) in [5.74, 6) is -1.21. The molecule has 2 aliphatic rings. The molecule has 0 spiro atoms. The van der Waals surface area contributed by atoms with E-state index in [4.69, 9.17) is 14.2 Å². The first-order chi connectivity index (χ1) is 11.2. The largest absolute Gasteiger partial charge is 0.465 e. The fourth-order valence-electron chi connectivity index (χ4n) is 3.41. The lowest BCUT2D eigenvalue weighted by molar-refractivity contribution is -0.187. The Hall–Kier alpha value is -1.83. The number of nitrogens with zero attached hydrogens (tertiary/aromatic N) is 1. The maximum atomic E-state index is 12.7. The van der Waals surface area contributed by atoms with E-state index in [1.54, 1.807) is 25.4 Å². The van der Waals surface area contributed by atoms with Gasteiger partial charge in [0.15, 0.2) is 5.78 Å². The average molecular weight is 320 g/mol. The zero-order chi connectivity index (χ0) is 16.4. The monoisotopic (exact) mass is 320 g/mol. The van der Waals surface area contributed by atoms with Crippen LogP contribution in [0.15, 0.2) is 24.5 Å². The van der Waals surface area contributed by atoms with E-state index in [-0.39, 0.29) is 30.3 Å². The summed E-state index contributed by atoms with van der Waals surface area (Å²) in [7, 11) is 1.44. The first-order valence-electron chi connectivity index (χ1n) is 7.68. The van der Waals surface area contributed by atoms with Crippen molar-refractivity contribution in [2.75, 3.05) is 20.3 Å². The number of hydrogen-bond donors (Lipinski definition) is 1. The Morgan fingerprint density at radius 3 is 3.00 bits per heavy atom. The first kappa shape index (κ1) is 16.0. The maximum Gasteiger partial charge on any atom is 0.323 e. The number of ether oxygens (including phenoxy) is 3. The topological polar surface area (TPSA) is 86.8 Å². The van der Waals surface area contributed by atoms with Crippen molar-refractivity contribution in [1.29, 1.82) is 0 Å². The highest BCUT2D eigenvalue weighted by molar-refractivity contribution is 5.88. The van der Waals surface area contributed by atoms with E-state index in [2.05, 4.69) is 10.3 Å². The van der Waals surface area contributed by atoms with Gasteiger partial charge in [-0.2, -0.15) is 0 Å². The van der Waals surface area contributed by atoms with E-state index in [9.17, 15) is 9.59 Å². The van der Waals surface area contributed by atoms with Gasteiger partial charge in [-0.15, -0.1) is 0 Å². The van der Waals surface area contributed by atoms with Crippen LogP contribution < -0.4 is 5.32 Å². The number of methoxy groups -OCH3 is 1. The van der Waals surface area contributed by atoms with Crippen molar-refractivity contribution in [2.45, 2.75) is 25.3 Å². The second-order valence-electron chi connectivity index (χ2n) is 5.65. The zero-order valence-electron chi connectivity index (χ0n) is 13.1. The minimum atomic E-state index is -0.891. The van der Waals surface area contributed by atoms with Gasteiger partial charge in [-0.3, -0.25) is 19.9 Å². The molecule has 0 bridgehead atoms. The molecule has 3 heterocycles. The summed E-state index contributed by atoms with van der Waals surface area (Å²) < 4.78 is 15.7. The van der Waals surface area contributed by atoms with Gasteiger partial charge in [-0.1, -0.05) is 6.07 Å². The van der Waals surface area contributed by atoms with Gasteiger partial charge in [0.25, 0.3) is 0 Å². The summed E-state index contributed by atoms with van der Waals surface area (Å²) in [6, 6.07) is 2.81. The van der Waals surface area contributed by atoms with Gasteiger partial charge in [0.1, 0.15) is 6.04 Å². The molecule has 0 aliphatic carbocycles. The van der Waals surface area contributed by atoms with E-state index in [1.165, 1.54) is 7.11 Å². The SMILES string of the molecule is CCOC(=O)[C@H]1N[C@@H](c2cccnc2)C2C(=O)[C@H](OC)OCC21. The number of rotatable bonds is 4. The van der Waals surface area contributed by atoms with Crippen molar-refractivity contribution in [3.8, 4) is 0 Å². The lowest BCUT2D eigenvalue weighted by atomic mass is 9.80. The number of ketones is 1. The Bertz CT molecular complexity index is 579. The number of pyridine rings is 1.